The Labute approximate surface area is 173 Å². The summed E-state index contributed by atoms with van der Waals surface area (Å²) in [6, 6.07) is 11.8. The number of alkyl halides is 3. The minimum atomic E-state index is -4.63. The number of fused-ring (bicyclic) bond motifs is 1. The highest BCUT2D eigenvalue weighted by molar-refractivity contribution is 7.12. The molecule has 0 saturated heterocycles. The molecular formula is C20H16F3N5OS. The van der Waals surface area contributed by atoms with Crippen molar-refractivity contribution >= 4 is 28.8 Å². The van der Waals surface area contributed by atoms with Gasteiger partial charge in [0.05, 0.1) is 10.9 Å². The lowest BCUT2D eigenvalue weighted by molar-refractivity contribution is -0.136. The number of nitrogens with one attached hydrogen (secondary N) is 1. The molecule has 154 valence electrons. The van der Waals surface area contributed by atoms with E-state index < -0.39 is 11.7 Å². The van der Waals surface area contributed by atoms with Crippen LogP contribution in [0.15, 0.2) is 54.0 Å². The SMILES string of the molecule is C[C@H](NC(=O)c1cc(-c2cc(C(F)(F)F)c3nc(N)nn3c2)cs1)c1ccccc1. The Balaban J connectivity index is 1.64. The summed E-state index contributed by atoms with van der Waals surface area (Å²) in [5.74, 6) is -0.553. The van der Waals surface area contributed by atoms with Crippen LogP contribution in [-0.2, 0) is 6.18 Å². The fourth-order valence-electron chi connectivity index (χ4n) is 3.07. The number of amides is 1. The summed E-state index contributed by atoms with van der Waals surface area (Å²) in [5.41, 5.74) is 5.83. The first-order valence-electron chi connectivity index (χ1n) is 8.90. The van der Waals surface area contributed by atoms with E-state index >= 15 is 0 Å². The molecule has 1 aromatic carbocycles. The number of hydrogen-bond donors (Lipinski definition) is 2. The van der Waals surface area contributed by atoms with Crippen molar-refractivity contribution in [1.29, 1.82) is 0 Å². The van der Waals surface area contributed by atoms with Gasteiger partial charge in [0.15, 0.2) is 5.65 Å². The number of benzene rings is 1. The number of carbonyl (C=O) groups is 1. The molecule has 0 unspecified atom stereocenters. The molecule has 0 radical (unpaired) electrons. The van der Waals surface area contributed by atoms with Crippen LogP contribution in [0.1, 0.15) is 33.8 Å². The Kier molecular flexibility index (Phi) is 4.94. The number of aromatic nitrogens is 3. The van der Waals surface area contributed by atoms with Gasteiger partial charge in [0.1, 0.15) is 5.56 Å². The second kappa shape index (κ2) is 7.45. The molecule has 0 bridgehead atoms. The van der Waals surface area contributed by atoms with Gasteiger partial charge in [-0.2, -0.15) is 18.2 Å². The largest absolute Gasteiger partial charge is 0.420 e. The van der Waals surface area contributed by atoms with Crippen molar-refractivity contribution in [2.75, 3.05) is 5.73 Å². The molecule has 3 N–H and O–H groups in total. The standard InChI is InChI=1S/C20H16F3N5OS/c1-11(12-5-3-2-4-6-12)25-18(29)16-8-14(10-30-16)13-7-15(20(21,22)23)17-26-19(24)27-28(17)9-13/h2-11H,1H3,(H2,24,27)(H,25,29)/t11-/m0/s1. The van der Waals surface area contributed by atoms with Crippen molar-refractivity contribution in [1.82, 2.24) is 19.9 Å². The Hall–Kier alpha value is -3.40. The molecule has 10 heteroatoms. The van der Waals surface area contributed by atoms with Gasteiger partial charge in [-0.15, -0.1) is 16.4 Å². The van der Waals surface area contributed by atoms with Gasteiger partial charge in [0.25, 0.3) is 5.91 Å². The maximum atomic E-state index is 13.5. The van der Waals surface area contributed by atoms with Crippen molar-refractivity contribution in [2.45, 2.75) is 19.1 Å². The van der Waals surface area contributed by atoms with Gasteiger partial charge >= 0.3 is 6.18 Å². The van der Waals surface area contributed by atoms with E-state index in [-0.39, 0.29) is 29.1 Å². The maximum absolute atomic E-state index is 13.5. The van der Waals surface area contributed by atoms with E-state index in [4.69, 9.17) is 5.73 Å². The van der Waals surface area contributed by atoms with Gasteiger partial charge in [-0.05, 0) is 35.6 Å². The number of hydrogen-bond acceptors (Lipinski definition) is 5. The summed E-state index contributed by atoms with van der Waals surface area (Å²) < 4.78 is 41.4. The lowest BCUT2D eigenvalue weighted by atomic mass is 10.1. The molecule has 0 spiro atoms. The lowest BCUT2D eigenvalue weighted by Crippen LogP contribution is -2.25. The molecule has 1 amide bonds. The quantitative estimate of drug-likeness (QED) is 0.496. The highest BCUT2D eigenvalue weighted by Gasteiger charge is 2.35. The molecule has 0 aliphatic carbocycles. The van der Waals surface area contributed by atoms with Crippen LogP contribution >= 0.6 is 11.3 Å². The summed E-state index contributed by atoms with van der Waals surface area (Å²) in [6.45, 7) is 1.86. The Morgan fingerprint density at radius 2 is 1.93 bits per heavy atom. The van der Waals surface area contributed by atoms with Crippen molar-refractivity contribution in [3.05, 3.63) is 70.0 Å². The summed E-state index contributed by atoms with van der Waals surface area (Å²) in [5, 5.41) is 8.32. The highest BCUT2D eigenvalue weighted by Crippen LogP contribution is 2.36. The van der Waals surface area contributed by atoms with Crippen LogP contribution in [0, 0.1) is 0 Å². The fraction of sp³-hybridized carbons (Fsp3) is 0.150. The van der Waals surface area contributed by atoms with E-state index in [9.17, 15) is 18.0 Å². The van der Waals surface area contributed by atoms with Gasteiger partial charge in [-0.3, -0.25) is 4.79 Å². The van der Waals surface area contributed by atoms with Crippen molar-refractivity contribution in [3.8, 4) is 11.1 Å². The minimum Gasteiger partial charge on any atom is -0.366 e. The molecule has 0 aliphatic heterocycles. The first kappa shape index (κ1) is 19.9. The predicted molar refractivity (Wildman–Crippen MR) is 108 cm³/mol. The Morgan fingerprint density at radius 3 is 2.63 bits per heavy atom. The number of nitrogens with two attached hydrogens (primary N) is 1. The van der Waals surface area contributed by atoms with Crippen LogP contribution < -0.4 is 11.1 Å². The summed E-state index contributed by atoms with van der Waals surface area (Å²) in [6.07, 6.45) is -3.22. The van der Waals surface area contributed by atoms with Crippen LogP contribution in [0.4, 0.5) is 19.1 Å². The topological polar surface area (TPSA) is 85.3 Å². The normalized spacial score (nSPS) is 12.8. The Morgan fingerprint density at radius 1 is 1.20 bits per heavy atom. The Bertz CT molecular complexity index is 1220. The van der Waals surface area contributed by atoms with Gasteiger partial charge in [0.2, 0.25) is 5.95 Å². The number of nitrogen functional groups attached to an aromatic ring is 1. The van der Waals surface area contributed by atoms with Crippen LogP contribution in [0.5, 0.6) is 0 Å². The second-order valence-electron chi connectivity index (χ2n) is 6.68. The number of halogens is 3. The van der Waals surface area contributed by atoms with E-state index in [1.165, 1.54) is 6.20 Å². The van der Waals surface area contributed by atoms with E-state index in [1.807, 2.05) is 37.3 Å². The van der Waals surface area contributed by atoms with Crippen molar-refractivity contribution in [2.24, 2.45) is 0 Å². The van der Waals surface area contributed by atoms with Crippen LogP contribution in [-0.4, -0.2) is 20.5 Å². The minimum absolute atomic E-state index is 0.212. The third-order valence-corrected chi connectivity index (χ3v) is 5.49. The van der Waals surface area contributed by atoms with Gasteiger partial charge in [-0.1, -0.05) is 30.3 Å². The first-order valence-corrected chi connectivity index (χ1v) is 9.78. The number of carbonyl (C=O) groups excluding carboxylic acids is 1. The van der Waals surface area contributed by atoms with Crippen molar-refractivity contribution in [3.63, 3.8) is 0 Å². The molecule has 3 heterocycles. The predicted octanol–water partition coefficient (Wildman–Crippen LogP) is 4.55. The molecular weight excluding hydrogens is 415 g/mol. The number of rotatable bonds is 4. The van der Waals surface area contributed by atoms with Gasteiger partial charge in [-0.25, -0.2) is 4.52 Å². The number of pyridine rings is 1. The molecule has 0 saturated carbocycles. The van der Waals surface area contributed by atoms with E-state index in [0.29, 0.717) is 10.4 Å². The molecule has 6 nitrogen and oxygen atoms in total. The van der Waals surface area contributed by atoms with Crippen molar-refractivity contribution < 1.29 is 18.0 Å². The highest BCUT2D eigenvalue weighted by atomic mass is 32.1. The molecule has 0 aliphatic rings. The van der Waals surface area contributed by atoms with Crippen LogP contribution in [0.2, 0.25) is 0 Å². The number of thiophene rings is 1. The molecule has 4 aromatic rings. The van der Waals surface area contributed by atoms with Gasteiger partial charge < -0.3 is 11.1 Å². The zero-order valence-corrected chi connectivity index (χ0v) is 16.5. The van der Waals surface area contributed by atoms with Crippen LogP contribution in [0.3, 0.4) is 0 Å². The number of anilines is 1. The lowest BCUT2D eigenvalue weighted by Gasteiger charge is -2.13. The van der Waals surface area contributed by atoms with Gasteiger partial charge in [0, 0.05) is 11.8 Å². The first-order chi connectivity index (χ1) is 14.2. The van der Waals surface area contributed by atoms with Crippen LogP contribution in [0.25, 0.3) is 16.8 Å². The monoisotopic (exact) mass is 431 g/mol. The summed E-state index contributed by atoms with van der Waals surface area (Å²) in [7, 11) is 0. The van der Waals surface area contributed by atoms with E-state index in [2.05, 4.69) is 15.4 Å². The number of nitrogens with zero attached hydrogens (tertiary/aromatic N) is 3. The fourth-order valence-corrected chi connectivity index (χ4v) is 3.89. The smallest absolute Gasteiger partial charge is 0.366 e. The summed E-state index contributed by atoms with van der Waals surface area (Å²) >= 11 is 1.15. The molecule has 30 heavy (non-hydrogen) atoms. The van der Waals surface area contributed by atoms with E-state index in [1.54, 1.807) is 11.4 Å². The zero-order valence-electron chi connectivity index (χ0n) is 15.6. The van der Waals surface area contributed by atoms with E-state index in [0.717, 1.165) is 27.5 Å². The second-order valence-corrected chi connectivity index (χ2v) is 7.60. The average molecular weight is 431 g/mol. The average Bonchev–Trinajstić information content (AvgIpc) is 3.33. The zero-order chi connectivity index (χ0) is 21.5. The molecule has 3 aromatic heterocycles. The maximum Gasteiger partial charge on any atom is 0.420 e. The third-order valence-electron chi connectivity index (χ3n) is 4.56. The molecule has 0 fully saturated rings. The molecule has 4 rings (SSSR count). The third kappa shape index (κ3) is 3.86. The molecule has 1 atom stereocenters. The summed E-state index contributed by atoms with van der Waals surface area (Å²) in [4.78, 5) is 16.6.